The summed E-state index contributed by atoms with van der Waals surface area (Å²) in [7, 11) is 1.58. The number of amides is 2. The third-order valence-electron chi connectivity index (χ3n) is 4.03. The SMILES string of the molecule is COc1ccccc1N1CC[C@@H](NC(=O)Cc2ccncc2)C1=O. The van der Waals surface area contributed by atoms with E-state index in [0.29, 0.717) is 18.7 Å². The highest BCUT2D eigenvalue weighted by molar-refractivity contribution is 6.02. The number of hydrogen-bond donors (Lipinski definition) is 1. The molecule has 1 aromatic heterocycles. The predicted octanol–water partition coefficient (Wildman–Crippen LogP) is 1.55. The van der Waals surface area contributed by atoms with Crippen LogP contribution in [0.5, 0.6) is 5.75 Å². The highest BCUT2D eigenvalue weighted by Crippen LogP contribution is 2.30. The van der Waals surface area contributed by atoms with Crippen molar-refractivity contribution in [2.45, 2.75) is 18.9 Å². The Balaban J connectivity index is 1.65. The molecule has 6 heteroatoms. The fourth-order valence-electron chi connectivity index (χ4n) is 2.84. The third-order valence-corrected chi connectivity index (χ3v) is 4.03. The van der Waals surface area contributed by atoms with Crippen LogP contribution in [-0.4, -0.2) is 36.5 Å². The maximum Gasteiger partial charge on any atom is 0.249 e. The topological polar surface area (TPSA) is 71.5 Å². The molecule has 1 aliphatic heterocycles. The van der Waals surface area contributed by atoms with Gasteiger partial charge in [-0.3, -0.25) is 14.6 Å². The van der Waals surface area contributed by atoms with E-state index < -0.39 is 6.04 Å². The smallest absolute Gasteiger partial charge is 0.249 e. The number of methoxy groups -OCH3 is 1. The molecule has 1 N–H and O–H groups in total. The van der Waals surface area contributed by atoms with Gasteiger partial charge in [0.15, 0.2) is 0 Å². The van der Waals surface area contributed by atoms with Crippen molar-refractivity contribution in [1.82, 2.24) is 10.3 Å². The Labute approximate surface area is 140 Å². The molecule has 0 bridgehead atoms. The monoisotopic (exact) mass is 325 g/mol. The van der Waals surface area contributed by atoms with Crippen molar-refractivity contribution in [2.24, 2.45) is 0 Å². The number of para-hydroxylation sites is 2. The van der Waals surface area contributed by atoms with Gasteiger partial charge in [-0.1, -0.05) is 12.1 Å². The Morgan fingerprint density at radius 3 is 2.79 bits per heavy atom. The number of anilines is 1. The first-order valence-corrected chi connectivity index (χ1v) is 7.81. The summed E-state index contributed by atoms with van der Waals surface area (Å²) in [5.74, 6) is 0.374. The minimum absolute atomic E-state index is 0.109. The molecule has 1 aromatic carbocycles. The molecule has 1 atom stereocenters. The van der Waals surface area contributed by atoms with Crippen LogP contribution in [-0.2, 0) is 16.0 Å². The lowest BCUT2D eigenvalue weighted by Crippen LogP contribution is -2.42. The molecule has 1 saturated heterocycles. The zero-order chi connectivity index (χ0) is 16.9. The van der Waals surface area contributed by atoms with Gasteiger partial charge in [-0.15, -0.1) is 0 Å². The first kappa shape index (κ1) is 16.0. The molecule has 24 heavy (non-hydrogen) atoms. The van der Waals surface area contributed by atoms with Crippen molar-refractivity contribution in [2.75, 3.05) is 18.6 Å². The summed E-state index contributed by atoms with van der Waals surface area (Å²) in [6.45, 7) is 0.555. The first-order chi connectivity index (χ1) is 11.7. The Hall–Kier alpha value is -2.89. The van der Waals surface area contributed by atoms with E-state index >= 15 is 0 Å². The minimum Gasteiger partial charge on any atom is -0.495 e. The van der Waals surface area contributed by atoms with Gasteiger partial charge in [0.1, 0.15) is 11.8 Å². The molecule has 2 amide bonds. The van der Waals surface area contributed by atoms with Crippen molar-refractivity contribution in [3.8, 4) is 5.75 Å². The molecule has 0 radical (unpaired) electrons. The molecule has 2 aromatic rings. The van der Waals surface area contributed by atoms with Gasteiger partial charge in [-0.2, -0.15) is 0 Å². The maximum atomic E-state index is 12.6. The van der Waals surface area contributed by atoms with E-state index in [0.717, 1.165) is 11.3 Å². The van der Waals surface area contributed by atoms with Crippen molar-refractivity contribution in [1.29, 1.82) is 0 Å². The molecular formula is C18H19N3O3. The van der Waals surface area contributed by atoms with E-state index in [2.05, 4.69) is 10.3 Å². The number of pyridine rings is 1. The van der Waals surface area contributed by atoms with Crippen LogP contribution in [0.2, 0.25) is 0 Å². The van der Waals surface area contributed by atoms with Gasteiger partial charge in [0.05, 0.1) is 19.2 Å². The van der Waals surface area contributed by atoms with Crippen LogP contribution in [0, 0.1) is 0 Å². The Morgan fingerprint density at radius 2 is 2.04 bits per heavy atom. The molecule has 0 saturated carbocycles. The number of hydrogen-bond acceptors (Lipinski definition) is 4. The van der Waals surface area contributed by atoms with Crippen LogP contribution in [0.15, 0.2) is 48.8 Å². The van der Waals surface area contributed by atoms with Crippen LogP contribution in [0.25, 0.3) is 0 Å². The number of benzene rings is 1. The van der Waals surface area contributed by atoms with Gasteiger partial charge < -0.3 is 15.0 Å². The van der Waals surface area contributed by atoms with Crippen LogP contribution < -0.4 is 15.0 Å². The summed E-state index contributed by atoms with van der Waals surface area (Å²) in [4.78, 5) is 30.3. The van der Waals surface area contributed by atoms with Gasteiger partial charge in [-0.25, -0.2) is 0 Å². The third kappa shape index (κ3) is 3.37. The number of rotatable bonds is 5. The molecule has 0 unspecified atom stereocenters. The first-order valence-electron chi connectivity index (χ1n) is 7.81. The maximum absolute atomic E-state index is 12.6. The molecule has 1 aliphatic rings. The summed E-state index contributed by atoms with van der Waals surface area (Å²) in [6.07, 6.45) is 4.11. The highest BCUT2D eigenvalue weighted by atomic mass is 16.5. The van der Waals surface area contributed by atoms with E-state index in [9.17, 15) is 9.59 Å². The Morgan fingerprint density at radius 1 is 1.29 bits per heavy atom. The number of ether oxygens (including phenoxy) is 1. The summed E-state index contributed by atoms with van der Waals surface area (Å²) in [5, 5.41) is 2.82. The Bertz CT molecular complexity index is 733. The van der Waals surface area contributed by atoms with Crippen LogP contribution in [0.4, 0.5) is 5.69 Å². The average molecular weight is 325 g/mol. The highest BCUT2D eigenvalue weighted by Gasteiger charge is 2.34. The zero-order valence-corrected chi connectivity index (χ0v) is 13.4. The van der Waals surface area contributed by atoms with E-state index in [1.807, 2.05) is 24.3 Å². The lowest BCUT2D eigenvalue weighted by atomic mass is 10.1. The van der Waals surface area contributed by atoms with Crippen LogP contribution >= 0.6 is 0 Å². The fourth-order valence-corrected chi connectivity index (χ4v) is 2.84. The molecule has 0 aliphatic carbocycles. The quantitative estimate of drug-likeness (QED) is 0.905. The summed E-state index contributed by atoms with van der Waals surface area (Å²) < 4.78 is 5.31. The zero-order valence-electron chi connectivity index (χ0n) is 13.4. The second-order valence-electron chi connectivity index (χ2n) is 5.60. The number of aromatic nitrogens is 1. The van der Waals surface area contributed by atoms with Crippen molar-refractivity contribution < 1.29 is 14.3 Å². The lowest BCUT2D eigenvalue weighted by Gasteiger charge is -2.19. The fraction of sp³-hybridized carbons (Fsp3) is 0.278. The second kappa shape index (κ2) is 7.12. The number of nitrogens with one attached hydrogen (secondary N) is 1. The van der Waals surface area contributed by atoms with Gasteiger partial charge in [0, 0.05) is 18.9 Å². The van der Waals surface area contributed by atoms with Crippen LogP contribution in [0.1, 0.15) is 12.0 Å². The van der Waals surface area contributed by atoms with Crippen molar-refractivity contribution in [3.63, 3.8) is 0 Å². The molecule has 6 nitrogen and oxygen atoms in total. The van der Waals surface area contributed by atoms with Crippen LogP contribution in [0.3, 0.4) is 0 Å². The standard InChI is InChI=1S/C18H19N3O3/c1-24-16-5-3-2-4-15(16)21-11-8-14(18(21)23)20-17(22)12-13-6-9-19-10-7-13/h2-7,9-10,14H,8,11-12H2,1H3,(H,20,22)/t14-/m1/s1. The van der Waals surface area contributed by atoms with E-state index in [1.165, 1.54) is 0 Å². The molecule has 124 valence electrons. The predicted molar refractivity (Wildman–Crippen MR) is 89.8 cm³/mol. The van der Waals surface area contributed by atoms with Crippen molar-refractivity contribution in [3.05, 3.63) is 54.4 Å². The van der Waals surface area contributed by atoms with E-state index in [-0.39, 0.29) is 18.2 Å². The van der Waals surface area contributed by atoms with Crippen molar-refractivity contribution >= 4 is 17.5 Å². The van der Waals surface area contributed by atoms with Gasteiger partial charge in [0.25, 0.3) is 0 Å². The molecule has 1 fully saturated rings. The van der Waals surface area contributed by atoms with E-state index in [1.54, 1.807) is 36.5 Å². The summed E-state index contributed by atoms with van der Waals surface area (Å²) in [5.41, 5.74) is 1.60. The molecular weight excluding hydrogens is 306 g/mol. The number of carbonyl (C=O) groups excluding carboxylic acids is 2. The summed E-state index contributed by atoms with van der Waals surface area (Å²) >= 11 is 0. The molecule has 0 spiro atoms. The van der Waals surface area contributed by atoms with Gasteiger partial charge >= 0.3 is 0 Å². The largest absolute Gasteiger partial charge is 0.495 e. The minimum atomic E-state index is -0.496. The van der Waals surface area contributed by atoms with Gasteiger partial charge in [-0.05, 0) is 36.2 Å². The number of nitrogens with zero attached hydrogens (tertiary/aromatic N) is 2. The summed E-state index contributed by atoms with van der Waals surface area (Å²) in [6, 6.07) is 10.5. The second-order valence-corrected chi connectivity index (χ2v) is 5.60. The molecule has 3 rings (SSSR count). The number of carbonyl (C=O) groups is 2. The van der Waals surface area contributed by atoms with Gasteiger partial charge in [0.2, 0.25) is 11.8 Å². The molecule has 2 heterocycles. The van der Waals surface area contributed by atoms with E-state index in [4.69, 9.17) is 4.74 Å². The average Bonchev–Trinajstić information content (AvgIpc) is 2.96. The normalized spacial score (nSPS) is 17.0. The lowest BCUT2D eigenvalue weighted by molar-refractivity contribution is -0.126. The Kier molecular flexibility index (Phi) is 4.74.